The Bertz CT molecular complexity index is 830. The summed E-state index contributed by atoms with van der Waals surface area (Å²) in [5, 5.41) is -6.06. The van der Waals surface area contributed by atoms with E-state index in [9.17, 15) is 44.3 Å². The largest absolute Gasteiger partial charge is 0.457 e. The third kappa shape index (κ3) is 5.41. The van der Waals surface area contributed by atoms with E-state index in [-0.39, 0.29) is 17.1 Å². The lowest BCUT2D eigenvalue weighted by molar-refractivity contribution is -0.272. The minimum Gasteiger partial charge on any atom is -0.457 e. The summed E-state index contributed by atoms with van der Waals surface area (Å²) in [6.07, 6.45) is 3.06. The highest BCUT2D eigenvalue weighted by Crippen LogP contribution is 2.49. The van der Waals surface area contributed by atoms with E-state index in [1.807, 2.05) is 6.92 Å². The zero-order valence-corrected chi connectivity index (χ0v) is 19.0. The van der Waals surface area contributed by atoms with Crippen LogP contribution in [0.15, 0.2) is 0 Å². The highest BCUT2D eigenvalue weighted by molar-refractivity contribution is 7.90. The first-order valence-electron chi connectivity index (χ1n) is 10.5. The second-order valence-electron chi connectivity index (χ2n) is 8.48. The Hall–Kier alpha value is -1.57. The molecule has 0 radical (unpaired) electrons. The van der Waals surface area contributed by atoms with Gasteiger partial charge in [-0.05, 0) is 44.9 Å². The number of hydrogen-bond acceptors (Lipinski definition) is 6. The molecule has 192 valence electrons. The van der Waals surface area contributed by atoms with Crippen molar-refractivity contribution in [2.45, 2.75) is 81.5 Å². The third-order valence-electron chi connectivity index (χ3n) is 6.19. The van der Waals surface area contributed by atoms with Crippen molar-refractivity contribution in [1.29, 1.82) is 0 Å². The van der Waals surface area contributed by atoms with Crippen LogP contribution in [0, 0.1) is 5.92 Å². The zero-order valence-electron chi connectivity index (χ0n) is 18.2. The van der Waals surface area contributed by atoms with Crippen molar-refractivity contribution in [2.24, 2.45) is 5.92 Å². The molecule has 2 aliphatic rings. The van der Waals surface area contributed by atoms with Gasteiger partial charge in [0.25, 0.3) is 10.0 Å². The Morgan fingerprint density at radius 1 is 1.03 bits per heavy atom. The topological polar surface area (TPSA) is 90.0 Å². The van der Waals surface area contributed by atoms with E-state index in [4.69, 9.17) is 9.47 Å². The molecule has 33 heavy (non-hydrogen) atoms. The predicted molar refractivity (Wildman–Crippen MR) is 102 cm³/mol. The smallest absolute Gasteiger partial charge is 0.427 e. The van der Waals surface area contributed by atoms with E-state index >= 15 is 0 Å². The van der Waals surface area contributed by atoms with Gasteiger partial charge in [0, 0.05) is 20.0 Å². The van der Waals surface area contributed by atoms with E-state index in [0.29, 0.717) is 19.3 Å². The maximum Gasteiger partial charge on any atom is 0.427 e. The molecule has 2 rings (SSSR count). The van der Waals surface area contributed by atoms with Gasteiger partial charge in [0.05, 0.1) is 5.92 Å². The van der Waals surface area contributed by atoms with Crippen LogP contribution in [0.4, 0.5) is 26.3 Å². The van der Waals surface area contributed by atoms with Crippen molar-refractivity contribution >= 4 is 22.0 Å². The molecule has 0 unspecified atom stereocenters. The summed E-state index contributed by atoms with van der Waals surface area (Å²) in [6, 6.07) is 0. The van der Waals surface area contributed by atoms with Crippen LogP contribution in [0.3, 0.4) is 0 Å². The molecule has 0 spiro atoms. The lowest BCUT2D eigenvalue weighted by Gasteiger charge is -2.36. The number of esters is 2. The SMILES string of the molecule is CCC1(OC(=O)COC(=O)C2CCN(S(=O)(=O)C(F)(F)C(F)(F)C(C)(F)F)CC2)CCCC1. The minimum atomic E-state index is -6.16. The number of sulfonamides is 1. The summed E-state index contributed by atoms with van der Waals surface area (Å²) in [7, 11) is -6.16. The molecule has 2 fully saturated rings. The molecule has 1 aliphatic carbocycles. The van der Waals surface area contributed by atoms with Crippen molar-refractivity contribution in [2.75, 3.05) is 19.7 Å². The maximum atomic E-state index is 13.9. The van der Waals surface area contributed by atoms with Gasteiger partial charge in [-0.3, -0.25) is 4.79 Å². The molecule has 7 nitrogen and oxygen atoms in total. The zero-order chi connectivity index (χ0) is 25.3. The third-order valence-corrected chi connectivity index (χ3v) is 8.14. The summed E-state index contributed by atoms with van der Waals surface area (Å²) < 4.78 is 115. The van der Waals surface area contributed by atoms with Crippen LogP contribution < -0.4 is 0 Å². The van der Waals surface area contributed by atoms with Gasteiger partial charge in [-0.1, -0.05) is 6.92 Å². The van der Waals surface area contributed by atoms with Crippen molar-refractivity contribution < 1.29 is 53.8 Å². The fourth-order valence-corrected chi connectivity index (χ4v) is 5.50. The lowest BCUT2D eigenvalue weighted by atomic mass is 9.98. The summed E-state index contributed by atoms with van der Waals surface area (Å²) >= 11 is 0. The summed E-state index contributed by atoms with van der Waals surface area (Å²) in [4.78, 5) is 24.2. The Balaban J connectivity index is 1.92. The molecule has 0 bridgehead atoms. The fourth-order valence-electron chi connectivity index (χ4n) is 3.98. The van der Waals surface area contributed by atoms with E-state index in [2.05, 4.69) is 0 Å². The predicted octanol–water partition coefficient (Wildman–Crippen LogP) is 3.72. The first kappa shape index (κ1) is 27.7. The van der Waals surface area contributed by atoms with E-state index in [1.54, 1.807) is 0 Å². The van der Waals surface area contributed by atoms with Crippen LogP contribution >= 0.6 is 0 Å². The first-order chi connectivity index (χ1) is 15.0. The van der Waals surface area contributed by atoms with Crippen LogP contribution in [-0.2, 0) is 29.1 Å². The number of piperidine rings is 1. The average molecular weight is 511 g/mol. The number of hydrogen-bond donors (Lipinski definition) is 0. The van der Waals surface area contributed by atoms with Crippen molar-refractivity contribution in [3.05, 3.63) is 0 Å². The molecule has 0 aromatic carbocycles. The molecule has 1 aliphatic heterocycles. The second-order valence-corrected chi connectivity index (χ2v) is 10.5. The van der Waals surface area contributed by atoms with Gasteiger partial charge in [0.15, 0.2) is 6.61 Å². The van der Waals surface area contributed by atoms with Crippen LogP contribution in [0.25, 0.3) is 0 Å². The molecule has 0 N–H and O–H groups in total. The van der Waals surface area contributed by atoms with Gasteiger partial charge in [-0.25, -0.2) is 13.2 Å². The number of nitrogens with zero attached hydrogens (tertiary/aromatic N) is 1. The Morgan fingerprint density at radius 2 is 1.55 bits per heavy atom. The molecule has 14 heteroatoms. The van der Waals surface area contributed by atoms with Gasteiger partial charge in [-0.15, -0.1) is 0 Å². The molecular weight excluding hydrogens is 484 g/mol. The quantitative estimate of drug-likeness (QED) is 0.346. The normalized spacial score (nSPS) is 21.1. The standard InChI is InChI=1S/C19H27F6NO6S/c1-3-17(8-4-5-9-17)32-14(27)12-31-15(28)13-6-10-26(11-7-13)33(29,30)19(24,25)18(22,23)16(2,20)21/h13H,3-12H2,1-2H3. The Kier molecular flexibility index (Phi) is 8.04. The van der Waals surface area contributed by atoms with Crippen LogP contribution in [-0.4, -0.2) is 67.1 Å². The van der Waals surface area contributed by atoms with E-state index in [0.717, 1.165) is 12.8 Å². The molecule has 0 aromatic heterocycles. The van der Waals surface area contributed by atoms with E-state index in [1.165, 1.54) is 0 Å². The Morgan fingerprint density at radius 3 is 2.00 bits per heavy atom. The molecule has 1 saturated carbocycles. The highest BCUT2D eigenvalue weighted by Gasteiger charge is 2.76. The highest BCUT2D eigenvalue weighted by atomic mass is 32.2. The van der Waals surface area contributed by atoms with Gasteiger partial charge < -0.3 is 9.47 Å². The van der Waals surface area contributed by atoms with E-state index < -0.39 is 77.2 Å². The van der Waals surface area contributed by atoms with Crippen molar-refractivity contribution in [1.82, 2.24) is 4.31 Å². The number of ether oxygens (including phenoxy) is 2. The minimum absolute atomic E-state index is 0.0458. The molecule has 0 atom stereocenters. The van der Waals surface area contributed by atoms with Gasteiger partial charge in [0.1, 0.15) is 5.60 Å². The fraction of sp³-hybridized carbons (Fsp3) is 0.895. The van der Waals surface area contributed by atoms with Crippen LogP contribution in [0.2, 0.25) is 0 Å². The maximum absolute atomic E-state index is 13.9. The van der Waals surface area contributed by atoms with Crippen molar-refractivity contribution in [3.63, 3.8) is 0 Å². The molecule has 1 heterocycles. The number of halogens is 6. The van der Waals surface area contributed by atoms with Crippen LogP contribution in [0.5, 0.6) is 0 Å². The monoisotopic (exact) mass is 511 g/mol. The molecule has 0 amide bonds. The average Bonchev–Trinajstić information content (AvgIpc) is 3.19. The lowest BCUT2D eigenvalue weighted by Crippen LogP contribution is -2.60. The molecule has 1 saturated heterocycles. The van der Waals surface area contributed by atoms with Gasteiger partial charge in [0.2, 0.25) is 0 Å². The first-order valence-corrected chi connectivity index (χ1v) is 12.0. The summed E-state index contributed by atoms with van der Waals surface area (Å²) in [5.41, 5.74) is -0.591. The molecular formula is C19H27F6NO6S. The number of carbonyl (C=O) groups is 2. The van der Waals surface area contributed by atoms with Gasteiger partial charge in [-0.2, -0.15) is 30.6 Å². The van der Waals surface area contributed by atoms with Crippen molar-refractivity contribution in [3.8, 4) is 0 Å². The summed E-state index contributed by atoms with van der Waals surface area (Å²) in [5.74, 6) is -14.1. The number of alkyl halides is 6. The second kappa shape index (κ2) is 9.59. The van der Waals surface area contributed by atoms with Crippen LogP contribution in [0.1, 0.15) is 58.8 Å². The number of rotatable bonds is 9. The summed E-state index contributed by atoms with van der Waals surface area (Å²) in [6.45, 7) is -0.889. The number of carbonyl (C=O) groups excluding carboxylic acids is 2. The molecule has 0 aromatic rings. The van der Waals surface area contributed by atoms with Gasteiger partial charge >= 0.3 is 29.0 Å². The Labute approximate surface area is 187 Å².